The van der Waals surface area contributed by atoms with Crippen molar-refractivity contribution in [2.45, 2.75) is 45.4 Å². The molecule has 0 radical (unpaired) electrons. The van der Waals surface area contributed by atoms with E-state index in [1.165, 1.54) is 29.3 Å². The maximum atomic E-state index is 15.4. The molecule has 1 fully saturated rings. The van der Waals surface area contributed by atoms with E-state index in [0.29, 0.717) is 11.1 Å². The molecule has 0 aliphatic carbocycles. The van der Waals surface area contributed by atoms with Crippen molar-refractivity contribution in [2.24, 2.45) is 0 Å². The SMILES string of the molecule is COC(=O)c1cn(CC(=C(F)B2OC(C)(C)C(C)(C)O2)c2ccsc2)nn1. The van der Waals surface area contributed by atoms with E-state index in [9.17, 15) is 4.79 Å². The predicted octanol–water partition coefficient (Wildman–Crippen LogP) is 3.14. The standard InChI is InChI=1S/C17H21BFN3O4S/c1-16(2)17(3,4)26-18(25-16)14(19)12(11-6-7-27-10-11)8-22-9-13(20-21-22)15(23)24-5/h6-7,9-10H,8H2,1-5H3. The lowest BCUT2D eigenvalue weighted by molar-refractivity contribution is 0.00578. The zero-order valence-corrected chi connectivity index (χ0v) is 16.7. The van der Waals surface area contributed by atoms with Gasteiger partial charge < -0.3 is 14.0 Å². The number of halogens is 1. The van der Waals surface area contributed by atoms with Crippen LogP contribution in [0.3, 0.4) is 0 Å². The average Bonchev–Trinajstić information content (AvgIpc) is 3.32. The van der Waals surface area contributed by atoms with Crippen LogP contribution < -0.4 is 0 Å². The van der Waals surface area contributed by atoms with Gasteiger partial charge in [0.05, 0.1) is 31.1 Å². The van der Waals surface area contributed by atoms with Crippen LogP contribution in [0, 0.1) is 0 Å². The normalized spacial score (nSPS) is 19.1. The Morgan fingerprint density at radius 3 is 2.56 bits per heavy atom. The smallest absolute Gasteiger partial charge is 0.464 e. The van der Waals surface area contributed by atoms with E-state index < -0.39 is 30.0 Å². The second kappa shape index (κ2) is 7.18. The number of nitrogens with zero attached hydrogens (tertiary/aromatic N) is 3. The highest BCUT2D eigenvalue weighted by Crippen LogP contribution is 2.40. The molecule has 3 heterocycles. The molecule has 1 saturated heterocycles. The van der Waals surface area contributed by atoms with E-state index in [-0.39, 0.29) is 12.2 Å². The molecule has 0 spiro atoms. The maximum absolute atomic E-state index is 15.4. The van der Waals surface area contributed by atoms with Gasteiger partial charge in [-0.15, -0.1) is 5.10 Å². The summed E-state index contributed by atoms with van der Waals surface area (Å²) in [6.07, 6.45) is 1.41. The van der Waals surface area contributed by atoms with Gasteiger partial charge in [-0.2, -0.15) is 11.3 Å². The van der Waals surface area contributed by atoms with Crippen LogP contribution in [-0.2, 0) is 20.6 Å². The van der Waals surface area contributed by atoms with Gasteiger partial charge in [0.1, 0.15) is 5.73 Å². The molecule has 1 aliphatic heterocycles. The van der Waals surface area contributed by atoms with Crippen LogP contribution in [-0.4, -0.2) is 46.4 Å². The fraction of sp³-hybridized carbons (Fsp3) is 0.471. The van der Waals surface area contributed by atoms with E-state index in [1.54, 1.807) is 0 Å². The molecule has 0 unspecified atom stereocenters. The summed E-state index contributed by atoms with van der Waals surface area (Å²) in [5.41, 5.74) is -0.723. The molecule has 0 saturated carbocycles. The Bertz CT molecular complexity index is 847. The number of hydrogen-bond acceptors (Lipinski definition) is 7. The Balaban J connectivity index is 1.94. The van der Waals surface area contributed by atoms with Gasteiger partial charge in [0.15, 0.2) is 5.69 Å². The van der Waals surface area contributed by atoms with Gasteiger partial charge in [0.2, 0.25) is 0 Å². The van der Waals surface area contributed by atoms with Crippen molar-refractivity contribution in [1.29, 1.82) is 0 Å². The van der Waals surface area contributed by atoms with Crippen LogP contribution >= 0.6 is 11.3 Å². The molecule has 0 atom stereocenters. The first-order chi connectivity index (χ1) is 12.6. The molecule has 7 nitrogen and oxygen atoms in total. The molecule has 0 amide bonds. The first-order valence-corrected chi connectivity index (χ1v) is 9.34. The topological polar surface area (TPSA) is 75.5 Å². The lowest BCUT2D eigenvalue weighted by atomic mass is 9.83. The third kappa shape index (κ3) is 3.83. The highest BCUT2D eigenvalue weighted by molar-refractivity contribution is 7.08. The summed E-state index contributed by atoms with van der Waals surface area (Å²) in [6, 6.07) is 1.81. The van der Waals surface area contributed by atoms with Crippen LogP contribution in [0.5, 0.6) is 0 Å². The van der Waals surface area contributed by atoms with Crippen LogP contribution in [0.2, 0.25) is 0 Å². The third-order valence-electron chi connectivity index (χ3n) is 4.87. The number of carbonyl (C=O) groups excluding carboxylic acids is 1. The quantitative estimate of drug-likeness (QED) is 0.574. The van der Waals surface area contributed by atoms with Gasteiger partial charge >= 0.3 is 13.1 Å². The van der Waals surface area contributed by atoms with Crippen molar-refractivity contribution in [3.63, 3.8) is 0 Å². The lowest BCUT2D eigenvalue weighted by Gasteiger charge is -2.32. The van der Waals surface area contributed by atoms with E-state index in [2.05, 4.69) is 15.0 Å². The fourth-order valence-corrected chi connectivity index (χ4v) is 3.24. The van der Waals surface area contributed by atoms with E-state index in [0.717, 1.165) is 0 Å². The van der Waals surface area contributed by atoms with E-state index >= 15 is 4.39 Å². The molecular weight excluding hydrogens is 372 g/mol. The molecule has 2 aromatic rings. The monoisotopic (exact) mass is 393 g/mol. The number of esters is 1. The highest BCUT2D eigenvalue weighted by Gasteiger charge is 2.53. The molecule has 27 heavy (non-hydrogen) atoms. The molecule has 0 bridgehead atoms. The molecule has 0 aromatic carbocycles. The van der Waals surface area contributed by atoms with Crippen molar-refractivity contribution in [3.8, 4) is 0 Å². The number of methoxy groups -OCH3 is 1. The summed E-state index contributed by atoms with van der Waals surface area (Å²) in [4.78, 5) is 11.6. The molecule has 0 N–H and O–H groups in total. The minimum atomic E-state index is -1.12. The zero-order valence-electron chi connectivity index (χ0n) is 15.9. The minimum absolute atomic E-state index is 0.0539. The van der Waals surface area contributed by atoms with Crippen molar-refractivity contribution in [3.05, 3.63) is 40.0 Å². The third-order valence-corrected chi connectivity index (χ3v) is 5.55. The number of rotatable bonds is 5. The molecule has 10 heteroatoms. The molecule has 3 rings (SSSR count). The average molecular weight is 393 g/mol. The summed E-state index contributed by atoms with van der Waals surface area (Å²) in [7, 11) is 0.143. The molecule has 144 valence electrons. The second-order valence-corrected chi connectivity index (χ2v) is 8.00. The number of aromatic nitrogens is 3. The molecule has 2 aromatic heterocycles. The Kier molecular flexibility index (Phi) is 5.24. The van der Waals surface area contributed by atoms with Gasteiger partial charge in [0.25, 0.3) is 0 Å². The van der Waals surface area contributed by atoms with Gasteiger partial charge in [0, 0.05) is 5.57 Å². The summed E-state index contributed by atoms with van der Waals surface area (Å²) in [5, 5.41) is 11.3. The number of allylic oxidation sites excluding steroid dienone is 1. The summed E-state index contributed by atoms with van der Waals surface area (Å²) < 4.78 is 33.1. The van der Waals surface area contributed by atoms with E-state index in [4.69, 9.17) is 9.31 Å². The highest BCUT2D eigenvalue weighted by atomic mass is 32.1. The summed E-state index contributed by atoms with van der Waals surface area (Å²) in [5.74, 6) is -0.603. The van der Waals surface area contributed by atoms with Crippen LogP contribution in [0.4, 0.5) is 4.39 Å². The second-order valence-electron chi connectivity index (χ2n) is 7.22. The predicted molar refractivity (Wildman–Crippen MR) is 99.8 cm³/mol. The zero-order chi connectivity index (χ0) is 19.8. The molecular formula is C17H21BFN3O4S. The van der Waals surface area contributed by atoms with Crippen molar-refractivity contribution in [2.75, 3.05) is 7.11 Å². The van der Waals surface area contributed by atoms with Crippen LogP contribution in [0.25, 0.3) is 5.57 Å². The Labute approximate surface area is 161 Å². The Hall–Kier alpha value is -2.04. The minimum Gasteiger partial charge on any atom is -0.464 e. The Morgan fingerprint density at radius 2 is 2.00 bits per heavy atom. The fourth-order valence-electron chi connectivity index (χ4n) is 2.57. The van der Waals surface area contributed by atoms with Gasteiger partial charge in [-0.25, -0.2) is 13.9 Å². The van der Waals surface area contributed by atoms with E-state index in [1.807, 2.05) is 44.5 Å². The largest absolute Gasteiger partial charge is 0.525 e. The van der Waals surface area contributed by atoms with Crippen molar-refractivity contribution in [1.82, 2.24) is 15.0 Å². The number of thiophene rings is 1. The van der Waals surface area contributed by atoms with Crippen molar-refractivity contribution >= 4 is 30.0 Å². The maximum Gasteiger partial charge on any atom is 0.525 e. The molecule has 1 aliphatic rings. The van der Waals surface area contributed by atoms with Gasteiger partial charge in [-0.05, 0) is 50.1 Å². The summed E-state index contributed by atoms with van der Waals surface area (Å²) >= 11 is 1.45. The Morgan fingerprint density at radius 1 is 1.33 bits per heavy atom. The van der Waals surface area contributed by atoms with Crippen LogP contribution in [0.1, 0.15) is 43.7 Å². The van der Waals surface area contributed by atoms with Gasteiger partial charge in [-0.3, -0.25) is 0 Å². The van der Waals surface area contributed by atoms with Crippen LogP contribution in [0.15, 0.2) is 28.7 Å². The first kappa shape index (κ1) is 19.7. The van der Waals surface area contributed by atoms with Gasteiger partial charge in [-0.1, -0.05) is 5.21 Å². The van der Waals surface area contributed by atoms with Crippen molar-refractivity contribution < 1.29 is 23.2 Å². The number of carbonyl (C=O) groups is 1. The number of hydrogen-bond donors (Lipinski definition) is 0. The lowest BCUT2D eigenvalue weighted by Crippen LogP contribution is -2.41. The first-order valence-electron chi connectivity index (χ1n) is 8.40. The number of ether oxygens (including phenoxy) is 1. The summed E-state index contributed by atoms with van der Waals surface area (Å²) in [6.45, 7) is 7.53.